The number of aromatic nitrogens is 2. The lowest BCUT2D eigenvalue weighted by Gasteiger charge is -2.17. The summed E-state index contributed by atoms with van der Waals surface area (Å²) in [4.78, 5) is 26.5. The fourth-order valence-electron chi connectivity index (χ4n) is 2.75. The molecule has 0 spiro atoms. The van der Waals surface area contributed by atoms with Crippen LogP contribution in [0.5, 0.6) is 0 Å². The highest BCUT2D eigenvalue weighted by molar-refractivity contribution is 6.07. The maximum absolute atomic E-state index is 12.5. The van der Waals surface area contributed by atoms with Crippen LogP contribution in [-0.4, -0.2) is 35.7 Å². The Labute approximate surface area is 169 Å². The zero-order chi connectivity index (χ0) is 20.6. The highest BCUT2D eigenvalue weighted by Crippen LogP contribution is 2.18. The molecular formula is C22H22N4O3. The number of hydrogen-bond donors (Lipinski definition) is 1. The number of esters is 1. The van der Waals surface area contributed by atoms with Gasteiger partial charge in [0.05, 0.1) is 17.9 Å². The third-order valence-corrected chi connectivity index (χ3v) is 4.21. The number of carbonyl (C=O) groups excluding carboxylic acids is 2. The van der Waals surface area contributed by atoms with E-state index in [2.05, 4.69) is 15.5 Å². The zero-order valence-electron chi connectivity index (χ0n) is 16.3. The molecular weight excluding hydrogens is 368 g/mol. The van der Waals surface area contributed by atoms with Gasteiger partial charge in [-0.1, -0.05) is 42.5 Å². The van der Waals surface area contributed by atoms with Gasteiger partial charge in [0.1, 0.15) is 0 Å². The molecule has 148 valence electrons. The van der Waals surface area contributed by atoms with E-state index in [9.17, 15) is 9.59 Å². The van der Waals surface area contributed by atoms with E-state index in [1.54, 1.807) is 43.3 Å². The summed E-state index contributed by atoms with van der Waals surface area (Å²) in [6, 6.07) is 20.0. The van der Waals surface area contributed by atoms with Gasteiger partial charge in [-0.05, 0) is 36.8 Å². The highest BCUT2D eigenvalue weighted by atomic mass is 16.5. The van der Waals surface area contributed by atoms with Crippen molar-refractivity contribution in [1.29, 1.82) is 0 Å². The van der Waals surface area contributed by atoms with E-state index < -0.39 is 11.9 Å². The maximum atomic E-state index is 12.5. The van der Waals surface area contributed by atoms with Crippen molar-refractivity contribution >= 4 is 23.4 Å². The molecule has 1 N–H and O–H groups in total. The van der Waals surface area contributed by atoms with E-state index in [1.165, 1.54) is 0 Å². The Kier molecular flexibility index (Phi) is 6.52. The molecule has 0 aliphatic heterocycles. The third-order valence-electron chi connectivity index (χ3n) is 4.21. The second-order valence-corrected chi connectivity index (χ2v) is 6.34. The van der Waals surface area contributed by atoms with Crippen LogP contribution < -0.4 is 10.2 Å². The van der Waals surface area contributed by atoms with Gasteiger partial charge in [0.2, 0.25) is 0 Å². The summed E-state index contributed by atoms with van der Waals surface area (Å²) in [6.07, 6.45) is 0. The van der Waals surface area contributed by atoms with Crippen molar-refractivity contribution in [2.45, 2.75) is 13.5 Å². The van der Waals surface area contributed by atoms with E-state index in [-0.39, 0.29) is 17.9 Å². The standard InChI is InChI=1S/C22H22N4O3/c1-3-29-22(28)17-11-7-8-12-18(17)23-21(27)19-13-14-20(25-24-19)26(2)15-16-9-5-4-6-10-16/h4-14H,3,15H2,1-2H3,(H,23,27). The summed E-state index contributed by atoms with van der Waals surface area (Å²) in [5.41, 5.74) is 1.95. The number of benzene rings is 2. The Bertz CT molecular complexity index is 975. The summed E-state index contributed by atoms with van der Waals surface area (Å²) in [5.74, 6) is -0.295. The van der Waals surface area contributed by atoms with Gasteiger partial charge in [0.25, 0.3) is 5.91 Å². The first-order valence-corrected chi connectivity index (χ1v) is 9.24. The van der Waals surface area contributed by atoms with E-state index in [4.69, 9.17) is 4.74 Å². The minimum atomic E-state index is -0.493. The van der Waals surface area contributed by atoms with Gasteiger partial charge in [-0.3, -0.25) is 4.79 Å². The normalized spacial score (nSPS) is 10.3. The van der Waals surface area contributed by atoms with Crippen LogP contribution in [0.3, 0.4) is 0 Å². The van der Waals surface area contributed by atoms with Crippen molar-refractivity contribution < 1.29 is 14.3 Å². The summed E-state index contributed by atoms with van der Waals surface area (Å²) >= 11 is 0. The van der Waals surface area contributed by atoms with Crippen molar-refractivity contribution in [3.8, 4) is 0 Å². The van der Waals surface area contributed by atoms with Crippen molar-refractivity contribution in [1.82, 2.24) is 10.2 Å². The second kappa shape index (κ2) is 9.45. The van der Waals surface area contributed by atoms with Gasteiger partial charge < -0.3 is 15.0 Å². The molecule has 0 bridgehead atoms. The lowest BCUT2D eigenvalue weighted by molar-refractivity contribution is 0.0527. The Morgan fingerprint density at radius 2 is 1.69 bits per heavy atom. The van der Waals surface area contributed by atoms with Crippen LogP contribution in [0.2, 0.25) is 0 Å². The Morgan fingerprint density at radius 3 is 2.38 bits per heavy atom. The third kappa shape index (κ3) is 5.16. The molecule has 0 saturated carbocycles. The molecule has 2 aromatic carbocycles. The molecule has 7 nitrogen and oxygen atoms in total. The minimum absolute atomic E-state index is 0.153. The van der Waals surface area contributed by atoms with Crippen molar-refractivity contribution in [2.75, 3.05) is 23.9 Å². The molecule has 0 atom stereocenters. The van der Waals surface area contributed by atoms with E-state index >= 15 is 0 Å². The Morgan fingerprint density at radius 1 is 0.966 bits per heavy atom. The van der Waals surface area contributed by atoms with Gasteiger partial charge in [-0.15, -0.1) is 10.2 Å². The average Bonchev–Trinajstić information content (AvgIpc) is 2.75. The lowest BCUT2D eigenvalue weighted by atomic mass is 10.1. The summed E-state index contributed by atoms with van der Waals surface area (Å²) in [7, 11) is 1.91. The largest absolute Gasteiger partial charge is 0.462 e. The molecule has 0 radical (unpaired) electrons. The van der Waals surface area contributed by atoms with Crippen LogP contribution in [-0.2, 0) is 11.3 Å². The van der Waals surface area contributed by atoms with Gasteiger partial charge in [-0.25, -0.2) is 4.79 Å². The molecule has 3 rings (SSSR count). The number of hydrogen-bond acceptors (Lipinski definition) is 6. The number of nitrogens with one attached hydrogen (secondary N) is 1. The van der Waals surface area contributed by atoms with E-state index in [1.807, 2.05) is 42.3 Å². The van der Waals surface area contributed by atoms with E-state index in [0.717, 1.165) is 5.56 Å². The number of ether oxygens (including phenoxy) is 1. The Balaban J connectivity index is 1.69. The topological polar surface area (TPSA) is 84.4 Å². The number of carbonyl (C=O) groups is 2. The van der Waals surface area contributed by atoms with Crippen LogP contribution in [0.1, 0.15) is 33.3 Å². The number of para-hydroxylation sites is 1. The average molecular weight is 390 g/mol. The SMILES string of the molecule is CCOC(=O)c1ccccc1NC(=O)c1ccc(N(C)Cc2ccccc2)nn1. The highest BCUT2D eigenvalue weighted by Gasteiger charge is 2.16. The number of amides is 1. The van der Waals surface area contributed by atoms with Gasteiger partial charge in [0, 0.05) is 13.6 Å². The lowest BCUT2D eigenvalue weighted by Crippen LogP contribution is -2.20. The summed E-state index contributed by atoms with van der Waals surface area (Å²) < 4.78 is 5.02. The molecule has 0 aliphatic carbocycles. The minimum Gasteiger partial charge on any atom is -0.462 e. The predicted molar refractivity (Wildman–Crippen MR) is 111 cm³/mol. The first-order chi connectivity index (χ1) is 14.1. The van der Waals surface area contributed by atoms with Gasteiger partial charge in [0.15, 0.2) is 11.5 Å². The van der Waals surface area contributed by atoms with E-state index in [0.29, 0.717) is 18.1 Å². The maximum Gasteiger partial charge on any atom is 0.340 e. The number of anilines is 2. The number of nitrogens with zero attached hydrogens (tertiary/aromatic N) is 3. The number of rotatable bonds is 7. The zero-order valence-corrected chi connectivity index (χ0v) is 16.3. The van der Waals surface area contributed by atoms with Crippen LogP contribution in [0, 0.1) is 0 Å². The molecule has 29 heavy (non-hydrogen) atoms. The molecule has 0 saturated heterocycles. The fraction of sp³-hybridized carbons (Fsp3) is 0.182. The monoisotopic (exact) mass is 390 g/mol. The smallest absolute Gasteiger partial charge is 0.340 e. The molecule has 1 aromatic heterocycles. The van der Waals surface area contributed by atoms with Crippen LogP contribution in [0.15, 0.2) is 66.7 Å². The predicted octanol–water partition coefficient (Wildman–Crippen LogP) is 3.54. The first kappa shape index (κ1) is 20.0. The second-order valence-electron chi connectivity index (χ2n) is 6.34. The fourth-order valence-corrected chi connectivity index (χ4v) is 2.75. The van der Waals surface area contributed by atoms with Crippen molar-refractivity contribution in [3.05, 3.63) is 83.6 Å². The van der Waals surface area contributed by atoms with Crippen molar-refractivity contribution in [2.24, 2.45) is 0 Å². The molecule has 7 heteroatoms. The van der Waals surface area contributed by atoms with Crippen LogP contribution >= 0.6 is 0 Å². The molecule has 3 aromatic rings. The Hall–Kier alpha value is -3.74. The molecule has 1 heterocycles. The first-order valence-electron chi connectivity index (χ1n) is 9.24. The quantitative estimate of drug-likeness (QED) is 0.621. The van der Waals surface area contributed by atoms with Gasteiger partial charge in [-0.2, -0.15) is 0 Å². The summed E-state index contributed by atoms with van der Waals surface area (Å²) in [5, 5.41) is 10.9. The van der Waals surface area contributed by atoms with Gasteiger partial charge >= 0.3 is 5.97 Å². The molecule has 0 fully saturated rings. The van der Waals surface area contributed by atoms with Crippen LogP contribution in [0.4, 0.5) is 11.5 Å². The molecule has 1 amide bonds. The molecule has 0 unspecified atom stereocenters. The van der Waals surface area contributed by atoms with Crippen molar-refractivity contribution in [3.63, 3.8) is 0 Å². The summed E-state index contributed by atoms with van der Waals surface area (Å²) in [6.45, 7) is 2.66. The molecule has 0 aliphatic rings. The van der Waals surface area contributed by atoms with Crippen LogP contribution in [0.25, 0.3) is 0 Å².